The van der Waals surface area contributed by atoms with Gasteiger partial charge in [-0.3, -0.25) is 0 Å². The van der Waals surface area contributed by atoms with Crippen LogP contribution in [0.1, 0.15) is 12.5 Å². The van der Waals surface area contributed by atoms with Crippen molar-refractivity contribution in [3.63, 3.8) is 0 Å². The normalized spacial score (nSPS) is 13.6. The van der Waals surface area contributed by atoms with Gasteiger partial charge in [-0.15, -0.1) is 0 Å². The molecule has 0 aromatic heterocycles. The molecule has 0 saturated carbocycles. The number of carboxylic acids is 1. The van der Waals surface area contributed by atoms with Crippen molar-refractivity contribution in [3.8, 4) is 11.5 Å². The number of aliphatic hydroxyl groups is 1. The molecule has 1 unspecified atom stereocenters. The molecule has 0 aliphatic carbocycles. The van der Waals surface area contributed by atoms with E-state index >= 15 is 0 Å². The fourth-order valence-electron chi connectivity index (χ4n) is 1.61. The molecular weight excluding hydrogens is 244 g/mol. The first-order chi connectivity index (χ1) is 9.00. The Labute approximate surface area is 110 Å². The summed E-state index contributed by atoms with van der Waals surface area (Å²) in [4.78, 5) is 11.0. The van der Waals surface area contributed by atoms with Gasteiger partial charge in [-0.2, -0.15) is 0 Å². The first-order valence-corrected chi connectivity index (χ1v) is 5.79. The molecule has 98 valence electrons. The molecule has 0 fully saturated rings. The van der Waals surface area contributed by atoms with E-state index in [4.69, 9.17) is 9.84 Å². The monoisotopic (exact) mass is 258 g/mol. The number of benzene rings is 2. The molecule has 2 rings (SSSR count). The molecule has 2 aromatic rings. The van der Waals surface area contributed by atoms with Gasteiger partial charge in [0.05, 0.1) is 0 Å². The van der Waals surface area contributed by atoms with Crippen LogP contribution in [-0.2, 0) is 10.4 Å². The molecule has 0 bridgehead atoms. The molecule has 0 saturated heterocycles. The van der Waals surface area contributed by atoms with E-state index in [-0.39, 0.29) is 5.56 Å². The lowest BCUT2D eigenvalue weighted by Crippen LogP contribution is -2.31. The highest BCUT2D eigenvalue weighted by Gasteiger charge is 2.32. The second-order valence-electron chi connectivity index (χ2n) is 4.32. The number of hydrogen-bond donors (Lipinski definition) is 2. The van der Waals surface area contributed by atoms with Crippen molar-refractivity contribution in [2.45, 2.75) is 12.5 Å². The zero-order valence-electron chi connectivity index (χ0n) is 10.4. The van der Waals surface area contributed by atoms with Crippen molar-refractivity contribution >= 4 is 5.97 Å². The molecule has 4 heteroatoms. The van der Waals surface area contributed by atoms with Crippen LogP contribution in [0.15, 0.2) is 54.6 Å². The lowest BCUT2D eigenvalue weighted by Gasteiger charge is -2.19. The average molecular weight is 258 g/mol. The summed E-state index contributed by atoms with van der Waals surface area (Å²) in [6.07, 6.45) is 0. The molecule has 0 radical (unpaired) electrons. The second kappa shape index (κ2) is 5.12. The van der Waals surface area contributed by atoms with E-state index in [1.54, 1.807) is 30.3 Å². The van der Waals surface area contributed by atoms with Gasteiger partial charge in [0, 0.05) is 0 Å². The van der Waals surface area contributed by atoms with Crippen LogP contribution in [0.2, 0.25) is 0 Å². The topological polar surface area (TPSA) is 66.8 Å². The molecule has 4 nitrogen and oxygen atoms in total. The van der Waals surface area contributed by atoms with Crippen LogP contribution in [0.25, 0.3) is 0 Å². The molecule has 0 amide bonds. The predicted molar refractivity (Wildman–Crippen MR) is 70.2 cm³/mol. The maximum absolute atomic E-state index is 11.0. The minimum Gasteiger partial charge on any atom is -0.479 e. The Bertz CT molecular complexity index is 576. The van der Waals surface area contributed by atoms with Gasteiger partial charge in [-0.25, -0.2) is 4.79 Å². The first-order valence-electron chi connectivity index (χ1n) is 5.79. The Morgan fingerprint density at radius 3 is 2.32 bits per heavy atom. The highest BCUT2D eigenvalue weighted by Crippen LogP contribution is 2.27. The van der Waals surface area contributed by atoms with Crippen LogP contribution in [0.5, 0.6) is 11.5 Å². The van der Waals surface area contributed by atoms with E-state index in [1.807, 2.05) is 18.2 Å². The van der Waals surface area contributed by atoms with E-state index in [2.05, 4.69) is 0 Å². The standard InChI is InChI=1S/C15H14O4/c1-15(18,14(16)17)11-6-5-9-13(10-11)19-12-7-3-2-4-8-12/h2-10,18H,1H3,(H,16,17). The highest BCUT2D eigenvalue weighted by molar-refractivity contribution is 5.78. The fraction of sp³-hybridized carbons (Fsp3) is 0.133. The Morgan fingerprint density at radius 2 is 1.68 bits per heavy atom. The third-order valence-corrected chi connectivity index (χ3v) is 2.79. The maximum Gasteiger partial charge on any atom is 0.340 e. The lowest BCUT2D eigenvalue weighted by atomic mass is 9.96. The SMILES string of the molecule is CC(O)(C(=O)O)c1cccc(Oc2ccccc2)c1. The molecule has 0 aliphatic heterocycles. The first kappa shape index (κ1) is 13.1. The quantitative estimate of drug-likeness (QED) is 0.884. The van der Waals surface area contributed by atoms with E-state index in [0.29, 0.717) is 11.5 Å². The van der Waals surface area contributed by atoms with E-state index in [9.17, 15) is 9.90 Å². The van der Waals surface area contributed by atoms with Gasteiger partial charge in [-0.1, -0.05) is 30.3 Å². The van der Waals surface area contributed by atoms with Crippen LogP contribution >= 0.6 is 0 Å². The Hall–Kier alpha value is -2.33. The highest BCUT2D eigenvalue weighted by atomic mass is 16.5. The summed E-state index contributed by atoms with van der Waals surface area (Å²) in [5, 5.41) is 18.9. The van der Waals surface area contributed by atoms with Crippen LogP contribution in [0, 0.1) is 0 Å². The van der Waals surface area contributed by atoms with Crippen LogP contribution in [0.3, 0.4) is 0 Å². The zero-order chi connectivity index (χ0) is 13.9. The number of rotatable bonds is 4. The van der Waals surface area contributed by atoms with E-state index in [0.717, 1.165) is 0 Å². The third kappa shape index (κ3) is 2.92. The number of hydrogen-bond acceptors (Lipinski definition) is 3. The number of carbonyl (C=O) groups is 1. The molecule has 1 atom stereocenters. The molecule has 0 heterocycles. The van der Waals surface area contributed by atoms with Gasteiger partial charge < -0.3 is 14.9 Å². The molecular formula is C15H14O4. The fourth-order valence-corrected chi connectivity index (χ4v) is 1.61. The Morgan fingerprint density at radius 1 is 1.05 bits per heavy atom. The number of ether oxygens (including phenoxy) is 1. The number of para-hydroxylation sites is 1. The molecule has 0 spiro atoms. The van der Waals surface area contributed by atoms with Gasteiger partial charge in [0.2, 0.25) is 0 Å². The van der Waals surface area contributed by atoms with Gasteiger partial charge in [-0.05, 0) is 36.8 Å². The van der Waals surface area contributed by atoms with Crippen molar-refractivity contribution in [2.75, 3.05) is 0 Å². The smallest absolute Gasteiger partial charge is 0.340 e. The number of aliphatic carboxylic acids is 1. The van der Waals surface area contributed by atoms with Crippen molar-refractivity contribution in [1.29, 1.82) is 0 Å². The van der Waals surface area contributed by atoms with Crippen LogP contribution < -0.4 is 4.74 Å². The maximum atomic E-state index is 11.0. The molecule has 19 heavy (non-hydrogen) atoms. The van der Waals surface area contributed by atoms with E-state index < -0.39 is 11.6 Å². The van der Waals surface area contributed by atoms with Gasteiger partial charge in [0.15, 0.2) is 5.60 Å². The summed E-state index contributed by atoms with van der Waals surface area (Å²) in [6.45, 7) is 1.23. The van der Waals surface area contributed by atoms with Crippen molar-refractivity contribution in [3.05, 3.63) is 60.2 Å². The average Bonchev–Trinajstić information content (AvgIpc) is 2.40. The van der Waals surface area contributed by atoms with Crippen molar-refractivity contribution in [2.24, 2.45) is 0 Å². The molecule has 0 aliphatic rings. The van der Waals surface area contributed by atoms with Gasteiger partial charge in [0.25, 0.3) is 0 Å². The summed E-state index contributed by atoms with van der Waals surface area (Å²) >= 11 is 0. The molecule has 2 aromatic carbocycles. The van der Waals surface area contributed by atoms with Crippen molar-refractivity contribution < 1.29 is 19.7 Å². The van der Waals surface area contributed by atoms with Crippen LogP contribution in [0.4, 0.5) is 0 Å². The lowest BCUT2D eigenvalue weighted by molar-refractivity contribution is -0.157. The Kier molecular flexibility index (Phi) is 3.53. The van der Waals surface area contributed by atoms with Gasteiger partial charge in [0.1, 0.15) is 11.5 Å². The van der Waals surface area contributed by atoms with Crippen molar-refractivity contribution in [1.82, 2.24) is 0 Å². The minimum atomic E-state index is -1.93. The largest absolute Gasteiger partial charge is 0.479 e. The summed E-state index contributed by atoms with van der Waals surface area (Å²) in [5.74, 6) is -0.177. The predicted octanol–water partition coefficient (Wildman–Crippen LogP) is 2.77. The Balaban J connectivity index is 2.28. The summed E-state index contributed by atoms with van der Waals surface area (Å²) in [7, 11) is 0. The third-order valence-electron chi connectivity index (χ3n) is 2.79. The van der Waals surface area contributed by atoms with Crippen LogP contribution in [-0.4, -0.2) is 16.2 Å². The summed E-state index contributed by atoms with van der Waals surface area (Å²) in [5.41, 5.74) is -1.66. The summed E-state index contributed by atoms with van der Waals surface area (Å²) < 4.78 is 5.59. The number of carboxylic acid groups (broad SMARTS) is 1. The molecule has 2 N–H and O–H groups in total. The van der Waals surface area contributed by atoms with E-state index in [1.165, 1.54) is 13.0 Å². The minimum absolute atomic E-state index is 0.272. The zero-order valence-corrected chi connectivity index (χ0v) is 10.4. The second-order valence-corrected chi connectivity index (χ2v) is 4.32. The van der Waals surface area contributed by atoms with Gasteiger partial charge >= 0.3 is 5.97 Å². The summed E-state index contributed by atoms with van der Waals surface area (Å²) in [6, 6.07) is 15.5.